The second kappa shape index (κ2) is 9.30. The normalized spacial score (nSPS) is 12.3. The van der Waals surface area contributed by atoms with Crippen LogP contribution in [0.1, 0.15) is 6.92 Å². The van der Waals surface area contributed by atoms with Gasteiger partial charge in [0, 0.05) is 10.0 Å². The molecule has 0 aliphatic rings. The van der Waals surface area contributed by atoms with E-state index in [4.69, 9.17) is 27.9 Å². The lowest BCUT2D eigenvalue weighted by Gasteiger charge is -2.28. The SMILES string of the molecule is C[C@@H](C(=O)NCCOc1ccc(Cl)cc1)N(c1cccc(Cl)c1)S(C)(=O)=O. The summed E-state index contributed by atoms with van der Waals surface area (Å²) in [5.74, 6) is 0.179. The van der Waals surface area contributed by atoms with Crippen molar-refractivity contribution in [2.75, 3.05) is 23.7 Å². The minimum Gasteiger partial charge on any atom is -0.492 e. The predicted octanol–water partition coefficient (Wildman–Crippen LogP) is 3.34. The number of hydrogen-bond donors (Lipinski definition) is 1. The van der Waals surface area contributed by atoms with E-state index >= 15 is 0 Å². The number of benzene rings is 2. The van der Waals surface area contributed by atoms with Crippen LogP contribution < -0.4 is 14.4 Å². The van der Waals surface area contributed by atoms with Gasteiger partial charge >= 0.3 is 0 Å². The summed E-state index contributed by atoms with van der Waals surface area (Å²) in [7, 11) is -3.69. The molecule has 6 nitrogen and oxygen atoms in total. The minimum absolute atomic E-state index is 0.221. The van der Waals surface area contributed by atoms with Crippen LogP contribution in [-0.4, -0.2) is 39.8 Å². The number of halogens is 2. The molecule has 1 amide bonds. The molecule has 146 valence electrons. The van der Waals surface area contributed by atoms with Crippen LogP contribution in [0.4, 0.5) is 5.69 Å². The highest BCUT2D eigenvalue weighted by Gasteiger charge is 2.29. The number of rotatable bonds is 8. The van der Waals surface area contributed by atoms with Crippen LogP contribution in [0.2, 0.25) is 10.0 Å². The molecule has 0 spiro atoms. The third kappa shape index (κ3) is 6.30. The van der Waals surface area contributed by atoms with E-state index in [0.29, 0.717) is 21.5 Å². The Morgan fingerprint density at radius 1 is 1.15 bits per heavy atom. The fraction of sp³-hybridized carbons (Fsp3) is 0.278. The van der Waals surface area contributed by atoms with Gasteiger partial charge in [-0.1, -0.05) is 29.3 Å². The average Bonchev–Trinajstić information content (AvgIpc) is 2.59. The summed E-state index contributed by atoms with van der Waals surface area (Å²) in [5, 5.41) is 3.65. The lowest BCUT2D eigenvalue weighted by Crippen LogP contribution is -2.48. The quantitative estimate of drug-likeness (QED) is 0.651. The second-order valence-corrected chi connectivity index (χ2v) is 8.54. The molecule has 1 N–H and O–H groups in total. The zero-order valence-electron chi connectivity index (χ0n) is 14.9. The lowest BCUT2D eigenvalue weighted by atomic mass is 10.2. The van der Waals surface area contributed by atoms with Crippen LogP contribution in [0, 0.1) is 0 Å². The standard InChI is InChI=1S/C18H20Cl2N2O4S/c1-13(22(27(2,24)25)16-5-3-4-15(20)12-16)18(23)21-10-11-26-17-8-6-14(19)7-9-17/h3-9,12-13H,10-11H2,1-2H3,(H,21,23)/t13-/m0/s1. The third-order valence-corrected chi connectivity index (χ3v) is 5.36. The van der Waals surface area contributed by atoms with Crippen LogP contribution in [-0.2, 0) is 14.8 Å². The van der Waals surface area contributed by atoms with Crippen molar-refractivity contribution in [3.8, 4) is 5.75 Å². The number of nitrogens with zero attached hydrogens (tertiary/aromatic N) is 1. The van der Waals surface area contributed by atoms with Crippen molar-refractivity contribution in [2.24, 2.45) is 0 Å². The molecule has 0 fully saturated rings. The highest BCUT2D eigenvalue weighted by Crippen LogP contribution is 2.24. The van der Waals surface area contributed by atoms with E-state index in [1.807, 2.05) is 0 Å². The monoisotopic (exact) mass is 430 g/mol. The van der Waals surface area contributed by atoms with Gasteiger partial charge in [-0.2, -0.15) is 0 Å². The molecule has 0 unspecified atom stereocenters. The van der Waals surface area contributed by atoms with E-state index in [2.05, 4.69) is 5.32 Å². The van der Waals surface area contributed by atoms with E-state index in [1.165, 1.54) is 13.0 Å². The molecule has 2 aromatic rings. The molecule has 0 heterocycles. The van der Waals surface area contributed by atoms with Crippen molar-refractivity contribution in [3.63, 3.8) is 0 Å². The number of amides is 1. The molecular weight excluding hydrogens is 411 g/mol. The van der Waals surface area contributed by atoms with Crippen molar-refractivity contribution >= 4 is 44.8 Å². The van der Waals surface area contributed by atoms with Gasteiger partial charge in [0.2, 0.25) is 15.9 Å². The Bertz CT molecular complexity index is 888. The van der Waals surface area contributed by atoms with Gasteiger partial charge < -0.3 is 10.1 Å². The van der Waals surface area contributed by atoms with Crippen molar-refractivity contribution in [1.29, 1.82) is 0 Å². The van der Waals surface area contributed by atoms with Gasteiger partial charge in [0.1, 0.15) is 18.4 Å². The van der Waals surface area contributed by atoms with Gasteiger partial charge in [-0.3, -0.25) is 9.10 Å². The Labute approximate surface area is 169 Å². The van der Waals surface area contributed by atoms with Crippen LogP contribution in [0.3, 0.4) is 0 Å². The largest absolute Gasteiger partial charge is 0.492 e. The number of nitrogens with one attached hydrogen (secondary N) is 1. The highest BCUT2D eigenvalue weighted by atomic mass is 35.5. The Morgan fingerprint density at radius 2 is 1.81 bits per heavy atom. The summed E-state index contributed by atoms with van der Waals surface area (Å²) in [6.07, 6.45) is 1.04. The molecular formula is C18H20Cl2N2O4S. The molecule has 0 aliphatic carbocycles. The Kier molecular flexibility index (Phi) is 7.35. The third-order valence-electron chi connectivity index (χ3n) is 3.63. The van der Waals surface area contributed by atoms with Crippen molar-refractivity contribution in [1.82, 2.24) is 5.32 Å². The fourth-order valence-electron chi connectivity index (χ4n) is 2.44. The zero-order valence-corrected chi connectivity index (χ0v) is 17.2. The summed E-state index contributed by atoms with van der Waals surface area (Å²) in [4.78, 5) is 12.4. The predicted molar refractivity (Wildman–Crippen MR) is 108 cm³/mol. The van der Waals surface area contributed by atoms with Crippen molar-refractivity contribution in [3.05, 3.63) is 58.6 Å². The molecule has 0 radical (unpaired) electrons. The summed E-state index contributed by atoms with van der Waals surface area (Å²) >= 11 is 11.7. The van der Waals surface area contributed by atoms with Crippen molar-refractivity contribution in [2.45, 2.75) is 13.0 Å². The fourth-order valence-corrected chi connectivity index (χ4v) is 3.92. The number of sulfonamides is 1. The van der Waals surface area contributed by atoms with Gasteiger partial charge in [-0.15, -0.1) is 0 Å². The van der Waals surface area contributed by atoms with E-state index < -0.39 is 22.0 Å². The summed E-state index contributed by atoms with van der Waals surface area (Å²) in [6.45, 7) is 1.96. The first-order chi connectivity index (χ1) is 12.7. The summed E-state index contributed by atoms with van der Waals surface area (Å²) in [5.41, 5.74) is 0.324. The minimum atomic E-state index is -3.69. The average molecular weight is 431 g/mol. The van der Waals surface area contributed by atoms with Gasteiger partial charge in [-0.05, 0) is 49.4 Å². The van der Waals surface area contributed by atoms with Crippen LogP contribution in [0.25, 0.3) is 0 Å². The highest BCUT2D eigenvalue weighted by molar-refractivity contribution is 7.92. The molecule has 0 aromatic heterocycles. The molecule has 0 bridgehead atoms. The Balaban J connectivity index is 1.97. The van der Waals surface area contributed by atoms with E-state index in [9.17, 15) is 13.2 Å². The van der Waals surface area contributed by atoms with Gasteiger partial charge in [-0.25, -0.2) is 8.42 Å². The van der Waals surface area contributed by atoms with Gasteiger partial charge in [0.05, 0.1) is 18.5 Å². The molecule has 9 heteroatoms. The number of carbonyl (C=O) groups is 1. The first-order valence-electron chi connectivity index (χ1n) is 8.09. The first kappa shape index (κ1) is 21.3. The number of ether oxygens (including phenoxy) is 1. The van der Waals surface area contributed by atoms with E-state index in [-0.39, 0.29) is 13.2 Å². The smallest absolute Gasteiger partial charge is 0.243 e. The van der Waals surface area contributed by atoms with Crippen LogP contribution in [0.15, 0.2) is 48.5 Å². The Morgan fingerprint density at radius 3 is 2.41 bits per heavy atom. The number of carbonyl (C=O) groups excluding carboxylic acids is 1. The summed E-state index contributed by atoms with van der Waals surface area (Å²) in [6, 6.07) is 12.2. The molecule has 0 aliphatic heterocycles. The molecule has 0 saturated carbocycles. The number of hydrogen-bond acceptors (Lipinski definition) is 4. The van der Waals surface area contributed by atoms with Gasteiger partial charge in [0.15, 0.2) is 0 Å². The lowest BCUT2D eigenvalue weighted by molar-refractivity contribution is -0.121. The van der Waals surface area contributed by atoms with Crippen LogP contribution >= 0.6 is 23.2 Å². The molecule has 2 rings (SSSR count). The maximum Gasteiger partial charge on any atom is 0.243 e. The zero-order chi connectivity index (χ0) is 20.0. The van der Waals surface area contributed by atoms with Gasteiger partial charge in [0.25, 0.3) is 0 Å². The molecule has 0 saturated heterocycles. The molecule has 27 heavy (non-hydrogen) atoms. The second-order valence-electron chi connectivity index (χ2n) is 5.81. The maximum atomic E-state index is 12.4. The van der Waals surface area contributed by atoms with Crippen molar-refractivity contribution < 1.29 is 17.9 Å². The first-order valence-corrected chi connectivity index (χ1v) is 10.7. The van der Waals surface area contributed by atoms with E-state index in [1.54, 1.807) is 42.5 Å². The van der Waals surface area contributed by atoms with Crippen LogP contribution in [0.5, 0.6) is 5.75 Å². The summed E-state index contributed by atoms with van der Waals surface area (Å²) < 4.78 is 30.9. The Hall–Kier alpha value is -1.96. The molecule has 1 atom stereocenters. The molecule has 2 aromatic carbocycles. The topological polar surface area (TPSA) is 75.7 Å². The number of anilines is 1. The maximum absolute atomic E-state index is 12.4. The van der Waals surface area contributed by atoms with E-state index in [0.717, 1.165) is 10.6 Å².